The van der Waals surface area contributed by atoms with Crippen LogP contribution in [-0.4, -0.2) is 57.8 Å². The predicted octanol–water partition coefficient (Wildman–Crippen LogP) is -0.743. The quantitative estimate of drug-likeness (QED) is 0.195. The first-order chi connectivity index (χ1) is 11.2. The lowest BCUT2D eigenvalue weighted by Gasteiger charge is -2.12. The average Bonchev–Trinajstić information content (AvgIpc) is 2.55. The van der Waals surface area contributed by atoms with Crippen LogP contribution < -0.4 is 33.2 Å². The van der Waals surface area contributed by atoms with Gasteiger partial charge in [0, 0.05) is 6.54 Å². The van der Waals surface area contributed by atoms with Crippen LogP contribution >= 0.6 is 0 Å². The van der Waals surface area contributed by atoms with Crippen molar-refractivity contribution in [2.24, 2.45) is 17.2 Å². The molecule has 9 N–H and O–H groups in total. The van der Waals surface area contributed by atoms with Crippen LogP contribution in [0.2, 0.25) is 0 Å². The number of nitrogens with one attached hydrogen (secondary N) is 3. The lowest BCUT2D eigenvalue weighted by atomic mass is 10.1. The monoisotopic (exact) mass is 330 g/mol. The highest BCUT2D eigenvalue weighted by molar-refractivity contribution is 5.81. The standard InChI is InChI=1S/C16H38N6O/c17-8-2-1-7-15(19)16(23)22-14-6-13-21-11-4-3-10-20-12-5-9-18/h15,20-21H,1-14,17-19H2,(H,22,23)/t15-/m1/s1. The molecule has 138 valence electrons. The Balaban J connectivity index is 3.24. The molecule has 0 unspecified atom stereocenters. The number of unbranched alkanes of at least 4 members (excludes halogenated alkanes) is 2. The van der Waals surface area contributed by atoms with Crippen molar-refractivity contribution in [1.82, 2.24) is 16.0 Å². The first-order valence-corrected chi connectivity index (χ1v) is 9.07. The van der Waals surface area contributed by atoms with Gasteiger partial charge in [-0.2, -0.15) is 0 Å². The van der Waals surface area contributed by atoms with E-state index in [-0.39, 0.29) is 5.91 Å². The highest BCUT2D eigenvalue weighted by Gasteiger charge is 2.11. The molecule has 0 aliphatic heterocycles. The summed E-state index contributed by atoms with van der Waals surface area (Å²) >= 11 is 0. The van der Waals surface area contributed by atoms with Crippen LogP contribution in [0.25, 0.3) is 0 Å². The minimum absolute atomic E-state index is 0.0504. The number of amides is 1. The molecule has 0 aromatic carbocycles. The van der Waals surface area contributed by atoms with E-state index in [2.05, 4.69) is 16.0 Å². The van der Waals surface area contributed by atoms with E-state index in [1.165, 1.54) is 6.42 Å². The van der Waals surface area contributed by atoms with Crippen molar-refractivity contribution in [3.05, 3.63) is 0 Å². The molecule has 7 nitrogen and oxygen atoms in total. The van der Waals surface area contributed by atoms with E-state index in [1.54, 1.807) is 0 Å². The summed E-state index contributed by atoms with van der Waals surface area (Å²) < 4.78 is 0. The SMILES string of the molecule is NCCCC[C@@H](N)C(=O)NCCCNCCCCNCCCN. The van der Waals surface area contributed by atoms with Crippen molar-refractivity contribution in [2.75, 3.05) is 45.8 Å². The zero-order chi connectivity index (χ0) is 17.2. The average molecular weight is 331 g/mol. The Morgan fingerprint density at radius 2 is 1.30 bits per heavy atom. The van der Waals surface area contributed by atoms with Crippen LogP contribution in [0.3, 0.4) is 0 Å². The van der Waals surface area contributed by atoms with E-state index in [4.69, 9.17) is 17.2 Å². The van der Waals surface area contributed by atoms with Gasteiger partial charge in [0.05, 0.1) is 6.04 Å². The van der Waals surface area contributed by atoms with Gasteiger partial charge in [-0.3, -0.25) is 4.79 Å². The number of carbonyl (C=O) groups is 1. The Morgan fingerprint density at radius 1 is 0.739 bits per heavy atom. The van der Waals surface area contributed by atoms with Crippen LogP contribution in [-0.2, 0) is 4.79 Å². The lowest BCUT2D eigenvalue weighted by Crippen LogP contribution is -2.41. The fourth-order valence-electron chi connectivity index (χ4n) is 2.17. The summed E-state index contributed by atoms with van der Waals surface area (Å²) in [6.45, 7) is 6.09. The normalized spacial score (nSPS) is 12.3. The highest BCUT2D eigenvalue weighted by atomic mass is 16.2. The van der Waals surface area contributed by atoms with Crippen LogP contribution in [0, 0.1) is 0 Å². The molecule has 0 rings (SSSR count). The number of hydrogen-bond acceptors (Lipinski definition) is 6. The molecule has 1 amide bonds. The zero-order valence-electron chi connectivity index (χ0n) is 14.6. The summed E-state index contributed by atoms with van der Waals surface area (Å²) in [4.78, 5) is 11.7. The van der Waals surface area contributed by atoms with Gasteiger partial charge in [0.2, 0.25) is 5.91 Å². The summed E-state index contributed by atoms with van der Waals surface area (Å²) in [6, 6.07) is -0.402. The number of nitrogens with two attached hydrogens (primary N) is 3. The summed E-state index contributed by atoms with van der Waals surface area (Å²) in [6.07, 6.45) is 6.85. The number of carbonyl (C=O) groups excluding carboxylic acids is 1. The van der Waals surface area contributed by atoms with Crippen molar-refractivity contribution in [3.8, 4) is 0 Å². The van der Waals surface area contributed by atoms with Gasteiger partial charge in [0.25, 0.3) is 0 Å². The van der Waals surface area contributed by atoms with Gasteiger partial charge in [-0.1, -0.05) is 6.42 Å². The molecule has 0 fully saturated rings. The Labute approximate surface area is 141 Å². The topological polar surface area (TPSA) is 131 Å². The Morgan fingerprint density at radius 3 is 1.91 bits per heavy atom. The second kappa shape index (κ2) is 17.6. The molecule has 1 atom stereocenters. The molecule has 0 heterocycles. The van der Waals surface area contributed by atoms with Gasteiger partial charge in [-0.25, -0.2) is 0 Å². The molecule has 0 radical (unpaired) electrons. The van der Waals surface area contributed by atoms with E-state index < -0.39 is 6.04 Å². The minimum atomic E-state index is -0.402. The van der Waals surface area contributed by atoms with Crippen molar-refractivity contribution >= 4 is 5.91 Å². The third-order valence-corrected chi connectivity index (χ3v) is 3.65. The van der Waals surface area contributed by atoms with Crippen molar-refractivity contribution < 1.29 is 4.79 Å². The van der Waals surface area contributed by atoms with Gasteiger partial charge in [0.1, 0.15) is 0 Å². The first-order valence-electron chi connectivity index (χ1n) is 9.07. The lowest BCUT2D eigenvalue weighted by molar-refractivity contribution is -0.122. The summed E-state index contributed by atoms with van der Waals surface area (Å²) in [7, 11) is 0. The maximum absolute atomic E-state index is 11.7. The van der Waals surface area contributed by atoms with Gasteiger partial charge in [0.15, 0.2) is 0 Å². The molecular weight excluding hydrogens is 292 g/mol. The largest absolute Gasteiger partial charge is 0.355 e. The van der Waals surface area contributed by atoms with Crippen molar-refractivity contribution in [3.63, 3.8) is 0 Å². The second-order valence-corrected chi connectivity index (χ2v) is 5.88. The summed E-state index contributed by atoms with van der Waals surface area (Å²) in [5, 5.41) is 9.64. The summed E-state index contributed by atoms with van der Waals surface area (Å²) in [5.41, 5.74) is 16.7. The third kappa shape index (κ3) is 15.9. The zero-order valence-corrected chi connectivity index (χ0v) is 14.6. The molecule has 0 bridgehead atoms. The number of hydrogen-bond donors (Lipinski definition) is 6. The Kier molecular flexibility index (Phi) is 17.1. The van der Waals surface area contributed by atoms with E-state index in [1.807, 2.05) is 0 Å². The molecule has 23 heavy (non-hydrogen) atoms. The van der Waals surface area contributed by atoms with Crippen LogP contribution in [0.4, 0.5) is 0 Å². The van der Waals surface area contributed by atoms with E-state index in [0.29, 0.717) is 19.5 Å². The van der Waals surface area contributed by atoms with E-state index >= 15 is 0 Å². The first kappa shape index (κ1) is 22.3. The highest BCUT2D eigenvalue weighted by Crippen LogP contribution is 1.97. The molecule has 0 saturated carbocycles. The van der Waals surface area contributed by atoms with E-state index in [9.17, 15) is 4.79 Å². The Hall–Kier alpha value is -0.730. The maximum Gasteiger partial charge on any atom is 0.236 e. The predicted molar refractivity (Wildman–Crippen MR) is 97.2 cm³/mol. The molecule has 0 aromatic heterocycles. The third-order valence-electron chi connectivity index (χ3n) is 3.65. The molecule has 7 heteroatoms. The van der Waals surface area contributed by atoms with Gasteiger partial charge in [-0.15, -0.1) is 0 Å². The van der Waals surface area contributed by atoms with E-state index in [0.717, 1.165) is 64.8 Å². The molecule has 0 aromatic rings. The molecular formula is C16H38N6O. The van der Waals surface area contributed by atoms with Crippen LogP contribution in [0.5, 0.6) is 0 Å². The van der Waals surface area contributed by atoms with Crippen molar-refractivity contribution in [1.29, 1.82) is 0 Å². The fourth-order valence-corrected chi connectivity index (χ4v) is 2.17. The summed E-state index contributed by atoms with van der Waals surface area (Å²) in [5.74, 6) is -0.0504. The van der Waals surface area contributed by atoms with Gasteiger partial charge < -0.3 is 33.2 Å². The molecule has 0 spiro atoms. The Bertz CT molecular complexity index is 265. The van der Waals surface area contributed by atoms with Crippen LogP contribution in [0.1, 0.15) is 44.9 Å². The number of rotatable bonds is 17. The van der Waals surface area contributed by atoms with Crippen molar-refractivity contribution in [2.45, 2.75) is 51.0 Å². The molecule has 0 aliphatic carbocycles. The molecule has 0 aliphatic rings. The fraction of sp³-hybridized carbons (Fsp3) is 0.938. The van der Waals surface area contributed by atoms with Gasteiger partial charge >= 0.3 is 0 Å². The van der Waals surface area contributed by atoms with Gasteiger partial charge in [-0.05, 0) is 77.8 Å². The maximum atomic E-state index is 11.7. The molecule has 0 saturated heterocycles. The minimum Gasteiger partial charge on any atom is -0.355 e. The van der Waals surface area contributed by atoms with Crippen LogP contribution in [0.15, 0.2) is 0 Å². The smallest absolute Gasteiger partial charge is 0.236 e. The second-order valence-electron chi connectivity index (χ2n) is 5.88.